The topological polar surface area (TPSA) is 38.0 Å². The van der Waals surface area contributed by atoms with Gasteiger partial charge in [0.1, 0.15) is 0 Å². The highest BCUT2D eigenvalue weighted by molar-refractivity contribution is 5.39. The van der Waals surface area contributed by atoms with Crippen molar-refractivity contribution in [2.45, 2.75) is 45.4 Å². The predicted octanol–water partition coefficient (Wildman–Crippen LogP) is 3.37. The van der Waals surface area contributed by atoms with Crippen molar-refractivity contribution in [2.75, 3.05) is 18.8 Å². The van der Waals surface area contributed by atoms with Gasteiger partial charge in [-0.15, -0.1) is 0 Å². The number of hydrogen-bond acceptors (Lipinski definition) is 2. The third-order valence-corrected chi connectivity index (χ3v) is 3.03. The van der Waals surface area contributed by atoms with E-state index in [-0.39, 0.29) is 0 Å². The van der Waals surface area contributed by atoms with Crippen LogP contribution in [0.5, 0.6) is 0 Å². The highest BCUT2D eigenvalue weighted by Crippen LogP contribution is 2.05. The minimum absolute atomic E-state index is 0.845. The van der Waals surface area contributed by atoms with Crippen molar-refractivity contribution in [1.29, 1.82) is 0 Å². The smallest absolute Gasteiger partial charge is 0.0314 e. The molecule has 0 unspecified atom stereocenters. The largest absolute Gasteiger partial charge is 0.399 e. The lowest BCUT2D eigenvalue weighted by Crippen LogP contribution is -2.18. The molecule has 0 aromatic heterocycles. The standard InChI is InChI=1S/C15H26N2/c1-2-3-4-5-6-12-17-13-11-14-7-9-15(16)10-8-14/h7-10,17H,2-6,11-13,16H2,1H3. The van der Waals surface area contributed by atoms with Gasteiger partial charge in [0.05, 0.1) is 0 Å². The maximum absolute atomic E-state index is 5.65. The van der Waals surface area contributed by atoms with Crippen LogP contribution in [0.15, 0.2) is 24.3 Å². The Morgan fingerprint density at radius 2 is 1.65 bits per heavy atom. The van der Waals surface area contributed by atoms with E-state index >= 15 is 0 Å². The molecule has 0 bridgehead atoms. The number of anilines is 1. The zero-order valence-electron chi connectivity index (χ0n) is 11.0. The van der Waals surface area contributed by atoms with E-state index < -0.39 is 0 Å². The summed E-state index contributed by atoms with van der Waals surface area (Å²) < 4.78 is 0. The van der Waals surface area contributed by atoms with E-state index in [4.69, 9.17) is 5.73 Å². The summed E-state index contributed by atoms with van der Waals surface area (Å²) in [5.41, 5.74) is 7.85. The molecule has 1 rings (SSSR count). The lowest BCUT2D eigenvalue weighted by atomic mass is 10.1. The lowest BCUT2D eigenvalue weighted by molar-refractivity contribution is 0.584. The van der Waals surface area contributed by atoms with Gasteiger partial charge in [0, 0.05) is 5.69 Å². The molecule has 3 N–H and O–H groups in total. The molecule has 0 fully saturated rings. The van der Waals surface area contributed by atoms with Crippen LogP contribution in [0.25, 0.3) is 0 Å². The molecule has 0 aliphatic carbocycles. The molecule has 1 aromatic carbocycles. The van der Waals surface area contributed by atoms with Gasteiger partial charge in [-0.25, -0.2) is 0 Å². The molecular weight excluding hydrogens is 208 g/mol. The number of nitrogens with one attached hydrogen (secondary N) is 1. The predicted molar refractivity (Wildman–Crippen MR) is 76.2 cm³/mol. The maximum Gasteiger partial charge on any atom is 0.0314 e. The average molecular weight is 234 g/mol. The van der Waals surface area contributed by atoms with Crippen LogP contribution in [0.3, 0.4) is 0 Å². The van der Waals surface area contributed by atoms with Gasteiger partial charge in [-0.3, -0.25) is 0 Å². The fourth-order valence-corrected chi connectivity index (χ4v) is 1.90. The molecule has 0 spiro atoms. The highest BCUT2D eigenvalue weighted by atomic mass is 14.8. The van der Waals surface area contributed by atoms with Crippen LogP contribution in [-0.2, 0) is 6.42 Å². The second kappa shape index (κ2) is 9.06. The van der Waals surface area contributed by atoms with Gasteiger partial charge in [-0.2, -0.15) is 0 Å². The van der Waals surface area contributed by atoms with Crippen LogP contribution in [0.1, 0.15) is 44.6 Å². The van der Waals surface area contributed by atoms with Gasteiger partial charge in [-0.1, -0.05) is 44.7 Å². The van der Waals surface area contributed by atoms with Crippen LogP contribution in [0.2, 0.25) is 0 Å². The molecule has 0 radical (unpaired) electrons. The van der Waals surface area contributed by atoms with E-state index in [1.807, 2.05) is 12.1 Å². The second-order valence-electron chi connectivity index (χ2n) is 4.66. The molecule has 0 atom stereocenters. The first-order valence-corrected chi connectivity index (χ1v) is 6.88. The fraction of sp³-hybridized carbons (Fsp3) is 0.600. The third-order valence-electron chi connectivity index (χ3n) is 3.03. The zero-order chi connectivity index (χ0) is 12.3. The monoisotopic (exact) mass is 234 g/mol. The Morgan fingerprint density at radius 3 is 2.35 bits per heavy atom. The van der Waals surface area contributed by atoms with E-state index in [9.17, 15) is 0 Å². The van der Waals surface area contributed by atoms with Crippen molar-refractivity contribution in [3.8, 4) is 0 Å². The number of nitrogen functional groups attached to an aromatic ring is 1. The lowest BCUT2D eigenvalue weighted by Gasteiger charge is -2.05. The van der Waals surface area contributed by atoms with E-state index in [1.54, 1.807) is 0 Å². The molecule has 0 amide bonds. The number of nitrogens with two attached hydrogens (primary N) is 1. The van der Waals surface area contributed by atoms with Crippen molar-refractivity contribution < 1.29 is 0 Å². The summed E-state index contributed by atoms with van der Waals surface area (Å²) in [5.74, 6) is 0. The summed E-state index contributed by atoms with van der Waals surface area (Å²) >= 11 is 0. The molecule has 2 nitrogen and oxygen atoms in total. The van der Waals surface area contributed by atoms with Gasteiger partial charge < -0.3 is 11.1 Å². The normalized spacial score (nSPS) is 10.6. The van der Waals surface area contributed by atoms with Gasteiger partial charge in [0.15, 0.2) is 0 Å². The van der Waals surface area contributed by atoms with Crippen molar-refractivity contribution in [3.05, 3.63) is 29.8 Å². The number of benzene rings is 1. The Bertz CT molecular complexity index is 279. The maximum atomic E-state index is 5.65. The van der Waals surface area contributed by atoms with Gasteiger partial charge in [0.25, 0.3) is 0 Å². The van der Waals surface area contributed by atoms with Crippen LogP contribution < -0.4 is 11.1 Å². The van der Waals surface area contributed by atoms with Crippen molar-refractivity contribution in [3.63, 3.8) is 0 Å². The molecule has 0 aliphatic rings. The number of unbranched alkanes of at least 4 members (excludes halogenated alkanes) is 4. The first-order chi connectivity index (χ1) is 8.33. The quantitative estimate of drug-likeness (QED) is 0.508. The summed E-state index contributed by atoms with van der Waals surface area (Å²) in [5, 5.41) is 3.49. The molecule has 17 heavy (non-hydrogen) atoms. The van der Waals surface area contributed by atoms with E-state index in [0.717, 1.165) is 25.2 Å². The Balaban J connectivity index is 1.95. The van der Waals surface area contributed by atoms with Crippen molar-refractivity contribution in [1.82, 2.24) is 5.32 Å². The summed E-state index contributed by atoms with van der Waals surface area (Å²) in [4.78, 5) is 0. The zero-order valence-corrected chi connectivity index (χ0v) is 11.0. The number of rotatable bonds is 9. The third kappa shape index (κ3) is 7.01. The average Bonchev–Trinajstić information content (AvgIpc) is 2.35. The number of hydrogen-bond donors (Lipinski definition) is 2. The van der Waals surface area contributed by atoms with Gasteiger partial charge >= 0.3 is 0 Å². The van der Waals surface area contributed by atoms with E-state index in [2.05, 4.69) is 24.4 Å². The summed E-state index contributed by atoms with van der Waals surface area (Å²) in [6.07, 6.45) is 7.85. The molecule has 96 valence electrons. The molecule has 0 aliphatic heterocycles. The first kappa shape index (κ1) is 14.0. The molecule has 0 heterocycles. The summed E-state index contributed by atoms with van der Waals surface area (Å²) in [6.45, 7) is 4.47. The SMILES string of the molecule is CCCCCCCNCCc1ccc(N)cc1. The van der Waals surface area contributed by atoms with Gasteiger partial charge in [0.2, 0.25) is 0 Å². The van der Waals surface area contributed by atoms with E-state index in [1.165, 1.54) is 37.7 Å². The van der Waals surface area contributed by atoms with Crippen LogP contribution >= 0.6 is 0 Å². The fourth-order valence-electron chi connectivity index (χ4n) is 1.90. The molecule has 2 heteroatoms. The van der Waals surface area contributed by atoms with Crippen molar-refractivity contribution in [2.24, 2.45) is 0 Å². The highest BCUT2D eigenvalue weighted by Gasteiger charge is 1.93. The summed E-state index contributed by atoms with van der Waals surface area (Å²) in [6, 6.07) is 8.16. The second-order valence-corrected chi connectivity index (χ2v) is 4.66. The van der Waals surface area contributed by atoms with Crippen LogP contribution in [0, 0.1) is 0 Å². The Hall–Kier alpha value is -1.02. The molecule has 0 saturated carbocycles. The van der Waals surface area contributed by atoms with E-state index in [0.29, 0.717) is 0 Å². The minimum Gasteiger partial charge on any atom is -0.399 e. The van der Waals surface area contributed by atoms with Crippen molar-refractivity contribution >= 4 is 5.69 Å². The molecular formula is C15H26N2. The summed E-state index contributed by atoms with van der Waals surface area (Å²) in [7, 11) is 0. The Labute approximate surface area is 106 Å². The Morgan fingerprint density at radius 1 is 0.941 bits per heavy atom. The Kier molecular flexibility index (Phi) is 7.48. The minimum atomic E-state index is 0.845. The van der Waals surface area contributed by atoms with Gasteiger partial charge in [-0.05, 0) is 43.6 Å². The first-order valence-electron chi connectivity index (χ1n) is 6.88. The van der Waals surface area contributed by atoms with Crippen LogP contribution in [-0.4, -0.2) is 13.1 Å². The molecule has 1 aromatic rings. The molecule has 0 saturated heterocycles. The van der Waals surface area contributed by atoms with Crippen LogP contribution in [0.4, 0.5) is 5.69 Å².